The van der Waals surface area contributed by atoms with E-state index < -0.39 is 11.8 Å². The van der Waals surface area contributed by atoms with Gasteiger partial charge in [0.15, 0.2) is 5.69 Å². The highest BCUT2D eigenvalue weighted by Crippen LogP contribution is 2.27. The Bertz CT molecular complexity index is 1050. The molecule has 0 saturated heterocycles. The second kappa shape index (κ2) is 9.82. The molecule has 0 saturated carbocycles. The first kappa shape index (κ1) is 21.2. The third-order valence-corrected chi connectivity index (χ3v) is 4.45. The summed E-state index contributed by atoms with van der Waals surface area (Å²) in [5, 5.41) is 7.22. The molecule has 1 aromatic heterocycles. The zero-order valence-corrected chi connectivity index (χ0v) is 17.0. The van der Waals surface area contributed by atoms with Gasteiger partial charge in [-0.25, -0.2) is 13.9 Å². The number of aromatic nitrogens is 2. The van der Waals surface area contributed by atoms with Gasteiger partial charge in [0.25, 0.3) is 0 Å². The van der Waals surface area contributed by atoms with Gasteiger partial charge in [0.2, 0.25) is 5.91 Å². The molecule has 1 heterocycles. The smallest absolute Gasteiger partial charge is 0.358 e. The number of benzene rings is 2. The summed E-state index contributed by atoms with van der Waals surface area (Å²) in [5.74, 6) is -1.03. The predicted molar refractivity (Wildman–Crippen MR) is 113 cm³/mol. The van der Waals surface area contributed by atoms with Crippen molar-refractivity contribution in [3.8, 4) is 16.9 Å². The van der Waals surface area contributed by atoms with Gasteiger partial charge in [-0.2, -0.15) is 5.10 Å². The molecule has 0 radical (unpaired) electrons. The number of amides is 1. The average molecular weight is 409 g/mol. The normalized spacial score (nSPS) is 10.6. The molecule has 0 atom stereocenters. The lowest BCUT2D eigenvalue weighted by Crippen LogP contribution is -2.11. The number of halogens is 1. The molecule has 0 bridgehead atoms. The first-order chi connectivity index (χ1) is 14.5. The Morgan fingerprint density at radius 1 is 1.10 bits per heavy atom. The van der Waals surface area contributed by atoms with Crippen LogP contribution >= 0.6 is 0 Å². The van der Waals surface area contributed by atoms with E-state index in [2.05, 4.69) is 10.4 Å². The van der Waals surface area contributed by atoms with E-state index in [1.165, 1.54) is 16.8 Å². The van der Waals surface area contributed by atoms with Crippen molar-refractivity contribution in [2.24, 2.45) is 0 Å². The highest BCUT2D eigenvalue weighted by Gasteiger charge is 2.18. The topological polar surface area (TPSA) is 73.2 Å². The third kappa shape index (κ3) is 5.11. The fourth-order valence-corrected chi connectivity index (χ4v) is 3.01. The molecule has 156 valence electrons. The van der Waals surface area contributed by atoms with Crippen LogP contribution in [0.25, 0.3) is 16.9 Å². The number of unbranched alkanes of at least 4 members (excludes halogenated alkanes) is 1. The van der Waals surface area contributed by atoms with Gasteiger partial charge in [0.05, 0.1) is 18.0 Å². The van der Waals surface area contributed by atoms with Gasteiger partial charge in [-0.3, -0.25) is 4.79 Å². The summed E-state index contributed by atoms with van der Waals surface area (Å²) in [4.78, 5) is 24.3. The number of carbonyl (C=O) groups excluding carboxylic acids is 2. The van der Waals surface area contributed by atoms with E-state index in [1.807, 2.05) is 13.0 Å². The summed E-state index contributed by atoms with van der Waals surface area (Å²) in [5.41, 5.74) is 2.52. The van der Waals surface area contributed by atoms with E-state index in [9.17, 15) is 14.0 Å². The minimum atomic E-state index is -0.557. The lowest BCUT2D eigenvalue weighted by atomic mass is 10.1. The minimum absolute atomic E-state index is 0.0557. The van der Waals surface area contributed by atoms with Gasteiger partial charge in [0, 0.05) is 17.7 Å². The molecule has 0 aliphatic rings. The number of rotatable bonds is 8. The zero-order valence-electron chi connectivity index (χ0n) is 17.0. The van der Waals surface area contributed by atoms with Crippen molar-refractivity contribution in [3.63, 3.8) is 0 Å². The van der Waals surface area contributed by atoms with Crippen LogP contribution in [0.15, 0.2) is 54.6 Å². The van der Waals surface area contributed by atoms with Gasteiger partial charge in [-0.15, -0.1) is 0 Å². The summed E-state index contributed by atoms with van der Waals surface area (Å²) < 4.78 is 20.4. The number of ether oxygens (including phenoxy) is 1. The Morgan fingerprint density at radius 3 is 2.63 bits per heavy atom. The van der Waals surface area contributed by atoms with Crippen molar-refractivity contribution in [1.82, 2.24) is 9.78 Å². The molecule has 6 nitrogen and oxygen atoms in total. The standard InChI is InChI=1S/C23H24FN3O3/c1-3-5-12-22(28)25-18-10-6-8-16(13-18)21-15-20(23(29)30-4-2)26-27(21)19-11-7-9-17(24)14-19/h6-11,13-15H,3-5,12H2,1-2H3,(H,25,28). The predicted octanol–water partition coefficient (Wildman–Crippen LogP) is 4.98. The van der Waals surface area contributed by atoms with Crippen molar-refractivity contribution in [2.45, 2.75) is 33.1 Å². The van der Waals surface area contributed by atoms with E-state index >= 15 is 0 Å². The van der Waals surface area contributed by atoms with E-state index in [0.717, 1.165) is 18.4 Å². The van der Waals surface area contributed by atoms with Crippen molar-refractivity contribution in [2.75, 3.05) is 11.9 Å². The minimum Gasteiger partial charge on any atom is -0.461 e. The summed E-state index contributed by atoms with van der Waals surface area (Å²) in [6.07, 6.45) is 2.21. The SMILES string of the molecule is CCCCC(=O)Nc1cccc(-c2cc(C(=O)OCC)nn2-c2cccc(F)c2)c1. The summed E-state index contributed by atoms with van der Waals surface area (Å²) in [7, 11) is 0. The van der Waals surface area contributed by atoms with E-state index in [4.69, 9.17) is 4.74 Å². The lowest BCUT2D eigenvalue weighted by Gasteiger charge is -2.10. The van der Waals surface area contributed by atoms with Crippen molar-refractivity contribution in [1.29, 1.82) is 0 Å². The molecular weight excluding hydrogens is 385 g/mol. The number of anilines is 1. The highest BCUT2D eigenvalue weighted by molar-refractivity contribution is 5.92. The summed E-state index contributed by atoms with van der Waals surface area (Å²) in [6, 6.07) is 14.8. The van der Waals surface area contributed by atoms with Crippen LogP contribution in [0.5, 0.6) is 0 Å². The summed E-state index contributed by atoms with van der Waals surface area (Å²) in [6.45, 7) is 3.97. The molecule has 0 aliphatic heterocycles. The maximum absolute atomic E-state index is 13.8. The Balaban J connectivity index is 2.01. The number of hydrogen-bond donors (Lipinski definition) is 1. The molecule has 2 aromatic carbocycles. The second-order valence-corrected chi connectivity index (χ2v) is 6.76. The molecular formula is C23H24FN3O3. The zero-order chi connectivity index (χ0) is 21.5. The highest BCUT2D eigenvalue weighted by atomic mass is 19.1. The fourth-order valence-electron chi connectivity index (χ4n) is 3.01. The van der Waals surface area contributed by atoms with Crippen LogP contribution in [0.1, 0.15) is 43.6 Å². The second-order valence-electron chi connectivity index (χ2n) is 6.76. The molecule has 0 spiro atoms. The first-order valence-corrected chi connectivity index (χ1v) is 9.95. The lowest BCUT2D eigenvalue weighted by molar-refractivity contribution is -0.116. The number of hydrogen-bond acceptors (Lipinski definition) is 4. The van der Waals surface area contributed by atoms with E-state index in [1.54, 1.807) is 43.3 Å². The average Bonchev–Trinajstić information content (AvgIpc) is 3.18. The van der Waals surface area contributed by atoms with Crippen molar-refractivity contribution in [3.05, 3.63) is 66.1 Å². The van der Waals surface area contributed by atoms with Crippen LogP contribution < -0.4 is 5.32 Å². The third-order valence-electron chi connectivity index (χ3n) is 4.45. The fraction of sp³-hybridized carbons (Fsp3) is 0.261. The van der Waals surface area contributed by atoms with Gasteiger partial charge in [-0.05, 0) is 49.7 Å². The molecule has 30 heavy (non-hydrogen) atoms. The van der Waals surface area contributed by atoms with Crippen LogP contribution in [-0.4, -0.2) is 28.3 Å². The van der Waals surface area contributed by atoms with Gasteiger partial charge >= 0.3 is 5.97 Å². The summed E-state index contributed by atoms with van der Waals surface area (Å²) >= 11 is 0. The molecule has 3 aromatic rings. The Kier molecular flexibility index (Phi) is 6.95. The molecule has 0 unspecified atom stereocenters. The maximum Gasteiger partial charge on any atom is 0.358 e. The van der Waals surface area contributed by atoms with Gasteiger partial charge < -0.3 is 10.1 Å². The first-order valence-electron chi connectivity index (χ1n) is 9.95. The largest absolute Gasteiger partial charge is 0.461 e. The Morgan fingerprint density at radius 2 is 1.90 bits per heavy atom. The van der Waals surface area contributed by atoms with E-state index in [-0.39, 0.29) is 18.2 Å². The van der Waals surface area contributed by atoms with Gasteiger partial charge in [-0.1, -0.05) is 31.5 Å². The molecule has 0 fully saturated rings. The van der Waals surface area contributed by atoms with E-state index in [0.29, 0.717) is 23.5 Å². The van der Waals surface area contributed by atoms with Crippen LogP contribution in [0.2, 0.25) is 0 Å². The quantitative estimate of drug-likeness (QED) is 0.532. The molecule has 7 heteroatoms. The maximum atomic E-state index is 13.8. The van der Waals surface area contributed by atoms with Gasteiger partial charge in [0.1, 0.15) is 5.82 Å². The number of esters is 1. The Hall–Kier alpha value is -3.48. The molecule has 0 aliphatic carbocycles. The number of carbonyl (C=O) groups is 2. The molecule has 1 amide bonds. The van der Waals surface area contributed by atoms with Crippen LogP contribution in [0.4, 0.5) is 10.1 Å². The number of nitrogens with one attached hydrogen (secondary N) is 1. The molecule has 1 N–H and O–H groups in total. The van der Waals surface area contributed by atoms with Crippen molar-refractivity contribution < 1.29 is 18.7 Å². The van der Waals surface area contributed by atoms with Crippen LogP contribution in [0.3, 0.4) is 0 Å². The molecule has 3 rings (SSSR count). The van der Waals surface area contributed by atoms with Crippen molar-refractivity contribution >= 4 is 17.6 Å². The van der Waals surface area contributed by atoms with Crippen LogP contribution in [-0.2, 0) is 9.53 Å². The monoisotopic (exact) mass is 409 g/mol. The van der Waals surface area contributed by atoms with Crippen LogP contribution in [0, 0.1) is 5.82 Å². The number of nitrogens with zero attached hydrogens (tertiary/aromatic N) is 2. The Labute approximate surface area is 174 Å².